The SMILES string of the molecule is CC(=O)N1Cc2ccc(-c3ccc(OCCN4CCCC4)cc3)cc2CCc2cc(Cl)ccc21. The number of likely N-dealkylation sites (tertiary alicyclic amines) is 1. The highest BCUT2D eigenvalue weighted by Gasteiger charge is 2.21. The Balaban J connectivity index is 1.32. The van der Waals surface area contributed by atoms with Gasteiger partial charge in [-0.05, 0) is 96.9 Å². The molecule has 5 rings (SSSR count). The quantitative estimate of drug-likeness (QED) is 0.445. The third-order valence-electron chi connectivity index (χ3n) is 6.97. The van der Waals surface area contributed by atoms with Gasteiger partial charge in [0.15, 0.2) is 0 Å². The number of benzene rings is 3. The van der Waals surface area contributed by atoms with Crippen LogP contribution in [0.1, 0.15) is 36.5 Å². The summed E-state index contributed by atoms with van der Waals surface area (Å²) in [6.07, 6.45) is 4.38. The standard InChI is InChI=1S/C29H31ClN2O2/c1-21(33)32-20-26-7-5-23(18-24(26)4-6-25-19-27(30)10-13-29(25)32)22-8-11-28(12-9-22)34-17-16-31-14-2-3-15-31/h5,7-13,18-19H,2-4,6,14-17,20H2,1H3. The monoisotopic (exact) mass is 474 g/mol. The van der Waals surface area contributed by atoms with E-state index >= 15 is 0 Å². The Morgan fingerprint density at radius 3 is 2.38 bits per heavy atom. The number of hydrogen-bond donors (Lipinski definition) is 0. The largest absolute Gasteiger partial charge is 0.492 e. The number of nitrogens with zero attached hydrogens (tertiary/aromatic N) is 2. The van der Waals surface area contributed by atoms with Crippen molar-refractivity contribution >= 4 is 23.2 Å². The first-order valence-electron chi connectivity index (χ1n) is 12.2. The highest BCUT2D eigenvalue weighted by atomic mass is 35.5. The van der Waals surface area contributed by atoms with E-state index in [2.05, 4.69) is 47.4 Å². The maximum Gasteiger partial charge on any atom is 0.224 e. The number of anilines is 1. The van der Waals surface area contributed by atoms with Crippen molar-refractivity contribution in [2.75, 3.05) is 31.1 Å². The molecular weight excluding hydrogens is 444 g/mol. The van der Waals surface area contributed by atoms with E-state index in [1.165, 1.54) is 48.2 Å². The Bertz CT molecular complexity index is 1170. The van der Waals surface area contributed by atoms with Crippen LogP contribution in [0.15, 0.2) is 60.7 Å². The first kappa shape index (κ1) is 22.9. The normalized spacial score (nSPS) is 15.9. The van der Waals surface area contributed by atoms with Gasteiger partial charge in [0, 0.05) is 24.2 Å². The molecule has 5 heteroatoms. The number of fused-ring (bicyclic) bond motifs is 2. The van der Waals surface area contributed by atoms with Crippen LogP contribution >= 0.6 is 11.6 Å². The van der Waals surface area contributed by atoms with Crippen molar-refractivity contribution in [1.29, 1.82) is 0 Å². The number of ether oxygens (including phenoxy) is 1. The lowest BCUT2D eigenvalue weighted by Gasteiger charge is -2.28. The summed E-state index contributed by atoms with van der Waals surface area (Å²) in [6, 6.07) is 20.8. The highest BCUT2D eigenvalue weighted by Crippen LogP contribution is 2.33. The lowest BCUT2D eigenvalue weighted by Crippen LogP contribution is -2.30. The van der Waals surface area contributed by atoms with E-state index in [9.17, 15) is 4.79 Å². The molecule has 4 nitrogen and oxygen atoms in total. The summed E-state index contributed by atoms with van der Waals surface area (Å²) in [5.41, 5.74) is 6.91. The topological polar surface area (TPSA) is 32.8 Å². The summed E-state index contributed by atoms with van der Waals surface area (Å²) in [7, 11) is 0. The molecule has 3 aromatic carbocycles. The van der Waals surface area contributed by atoms with Gasteiger partial charge in [-0.15, -0.1) is 0 Å². The minimum absolute atomic E-state index is 0.0424. The van der Waals surface area contributed by atoms with Crippen molar-refractivity contribution in [3.05, 3.63) is 82.4 Å². The van der Waals surface area contributed by atoms with Crippen LogP contribution in [0, 0.1) is 0 Å². The zero-order valence-electron chi connectivity index (χ0n) is 19.7. The second-order valence-electron chi connectivity index (χ2n) is 9.28. The van der Waals surface area contributed by atoms with Crippen molar-refractivity contribution in [1.82, 2.24) is 4.90 Å². The van der Waals surface area contributed by atoms with Crippen LogP contribution in [0.4, 0.5) is 5.69 Å². The summed E-state index contributed by atoms with van der Waals surface area (Å²) in [5.74, 6) is 0.959. The first-order chi connectivity index (χ1) is 16.6. The molecule has 2 aliphatic rings. The molecule has 1 saturated heterocycles. The molecule has 0 bridgehead atoms. The lowest BCUT2D eigenvalue weighted by molar-refractivity contribution is -0.116. The highest BCUT2D eigenvalue weighted by molar-refractivity contribution is 6.30. The fourth-order valence-corrected chi connectivity index (χ4v) is 5.25. The number of rotatable bonds is 5. The molecule has 34 heavy (non-hydrogen) atoms. The Labute approximate surface area is 207 Å². The first-order valence-corrected chi connectivity index (χ1v) is 12.6. The van der Waals surface area contributed by atoms with Crippen molar-refractivity contribution in [3.8, 4) is 16.9 Å². The van der Waals surface area contributed by atoms with E-state index in [-0.39, 0.29) is 5.91 Å². The third-order valence-corrected chi connectivity index (χ3v) is 7.21. The van der Waals surface area contributed by atoms with Crippen LogP contribution < -0.4 is 9.64 Å². The maximum atomic E-state index is 12.5. The van der Waals surface area contributed by atoms with Gasteiger partial charge in [0.1, 0.15) is 12.4 Å². The number of hydrogen-bond acceptors (Lipinski definition) is 3. The van der Waals surface area contributed by atoms with Crippen LogP contribution in [0.2, 0.25) is 5.02 Å². The van der Waals surface area contributed by atoms with Crippen LogP contribution in [-0.4, -0.2) is 37.0 Å². The van der Waals surface area contributed by atoms with E-state index in [4.69, 9.17) is 16.3 Å². The Morgan fingerprint density at radius 2 is 1.62 bits per heavy atom. The van der Waals surface area contributed by atoms with Gasteiger partial charge in [-0.2, -0.15) is 0 Å². The molecule has 0 saturated carbocycles. The van der Waals surface area contributed by atoms with E-state index in [0.29, 0.717) is 11.6 Å². The van der Waals surface area contributed by atoms with Crippen molar-refractivity contribution < 1.29 is 9.53 Å². The van der Waals surface area contributed by atoms with Crippen molar-refractivity contribution in [2.24, 2.45) is 0 Å². The fraction of sp³-hybridized carbons (Fsp3) is 0.345. The molecule has 3 aromatic rings. The molecule has 1 amide bonds. The number of aryl methyl sites for hydroxylation is 2. The van der Waals surface area contributed by atoms with Crippen LogP contribution in [-0.2, 0) is 24.2 Å². The second-order valence-corrected chi connectivity index (χ2v) is 9.72. The van der Waals surface area contributed by atoms with Gasteiger partial charge in [-0.1, -0.05) is 41.9 Å². The second kappa shape index (κ2) is 10.2. The summed E-state index contributed by atoms with van der Waals surface area (Å²) >= 11 is 6.26. The fourth-order valence-electron chi connectivity index (χ4n) is 5.06. The maximum absolute atomic E-state index is 12.5. The summed E-state index contributed by atoms with van der Waals surface area (Å²) < 4.78 is 5.97. The predicted molar refractivity (Wildman–Crippen MR) is 139 cm³/mol. The molecule has 176 valence electrons. The lowest BCUT2D eigenvalue weighted by atomic mass is 9.92. The van der Waals surface area contributed by atoms with E-state index in [1.807, 2.05) is 23.1 Å². The van der Waals surface area contributed by atoms with Gasteiger partial charge in [-0.3, -0.25) is 9.69 Å². The molecule has 0 atom stereocenters. The number of amides is 1. The van der Waals surface area contributed by atoms with Gasteiger partial charge in [-0.25, -0.2) is 0 Å². The zero-order chi connectivity index (χ0) is 23.5. The minimum atomic E-state index is 0.0424. The minimum Gasteiger partial charge on any atom is -0.492 e. The van der Waals surface area contributed by atoms with Crippen LogP contribution in [0.25, 0.3) is 11.1 Å². The van der Waals surface area contributed by atoms with Crippen LogP contribution in [0.3, 0.4) is 0 Å². The van der Waals surface area contributed by atoms with E-state index < -0.39 is 0 Å². The van der Waals surface area contributed by atoms with Gasteiger partial charge in [0.2, 0.25) is 5.91 Å². The molecular formula is C29H31ClN2O2. The van der Waals surface area contributed by atoms with E-state index in [0.717, 1.165) is 43.0 Å². The molecule has 1 fully saturated rings. The number of halogens is 1. The van der Waals surface area contributed by atoms with Crippen molar-refractivity contribution in [3.63, 3.8) is 0 Å². The molecule has 0 aliphatic carbocycles. The smallest absolute Gasteiger partial charge is 0.224 e. The molecule has 0 N–H and O–H groups in total. The Hall–Kier alpha value is -2.82. The summed E-state index contributed by atoms with van der Waals surface area (Å²) in [4.78, 5) is 16.8. The molecule has 0 radical (unpaired) electrons. The summed E-state index contributed by atoms with van der Waals surface area (Å²) in [6.45, 7) is 6.33. The number of carbonyl (C=O) groups excluding carboxylic acids is 1. The van der Waals surface area contributed by atoms with Crippen molar-refractivity contribution in [2.45, 2.75) is 39.2 Å². The average molecular weight is 475 g/mol. The predicted octanol–water partition coefficient (Wildman–Crippen LogP) is 6.13. The van der Waals surface area contributed by atoms with Gasteiger partial charge < -0.3 is 9.64 Å². The molecule has 0 aromatic heterocycles. The zero-order valence-corrected chi connectivity index (χ0v) is 20.5. The van der Waals surface area contributed by atoms with Gasteiger partial charge in [0.25, 0.3) is 0 Å². The molecule has 2 aliphatic heterocycles. The Morgan fingerprint density at radius 1 is 0.882 bits per heavy atom. The Kier molecular flexibility index (Phi) is 6.89. The van der Waals surface area contributed by atoms with Gasteiger partial charge >= 0.3 is 0 Å². The average Bonchev–Trinajstić information content (AvgIpc) is 3.34. The summed E-state index contributed by atoms with van der Waals surface area (Å²) in [5, 5.41) is 0.708. The molecule has 0 spiro atoms. The molecule has 0 unspecified atom stereocenters. The van der Waals surface area contributed by atoms with E-state index in [1.54, 1.807) is 6.92 Å². The number of carbonyl (C=O) groups is 1. The molecule has 2 heterocycles. The van der Waals surface area contributed by atoms with Crippen LogP contribution in [0.5, 0.6) is 5.75 Å². The third kappa shape index (κ3) is 5.13. The van der Waals surface area contributed by atoms with Gasteiger partial charge in [0.05, 0.1) is 6.54 Å².